The Morgan fingerprint density at radius 1 is 0.868 bits per heavy atom. The van der Waals surface area contributed by atoms with E-state index in [1.807, 2.05) is 77.7 Å². The van der Waals surface area contributed by atoms with Gasteiger partial charge < -0.3 is 20.3 Å². The van der Waals surface area contributed by atoms with E-state index in [0.29, 0.717) is 23.7 Å². The zero-order chi connectivity index (χ0) is 26.1. The normalized spacial score (nSPS) is 13.6. The number of amides is 1. The number of methoxy groups -OCH3 is 1. The van der Waals surface area contributed by atoms with Gasteiger partial charge in [-0.05, 0) is 41.5 Å². The topological polar surface area (TPSA) is 71.7 Å². The number of pyridine rings is 1. The molecule has 0 radical (unpaired) electrons. The summed E-state index contributed by atoms with van der Waals surface area (Å²) in [5.74, 6) is 0.756. The Hall–Kier alpha value is -4.36. The summed E-state index contributed by atoms with van der Waals surface area (Å²) < 4.78 is 5.36. The van der Waals surface area contributed by atoms with Gasteiger partial charge in [-0.15, -0.1) is 11.3 Å². The van der Waals surface area contributed by atoms with Crippen LogP contribution >= 0.6 is 11.3 Å². The van der Waals surface area contributed by atoms with Crippen molar-refractivity contribution >= 4 is 38.8 Å². The number of nitrogen functional groups attached to an aromatic ring is 1. The minimum atomic E-state index is -0.0276. The molecule has 0 bridgehead atoms. The number of piperazine rings is 1. The third kappa shape index (κ3) is 4.46. The molecule has 0 aliphatic carbocycles. The van der Waals surface area contributed by atoms with E-state index in [1.165, 1.54) is 17.0 Å². The van der Waals surface area contributed by atoms with Crippen LogP contribution in [0.3, 0.4) is 0 Å². The average molecular weight is 521 g/mol. The Kier molecular flexibility index (Phi) is 6.43. The number of carbonyl (C=O) groups is 1. The van der Waals surface area contributed by atoms with E-state index < -0.39 is 0 Å². The van der Waals surface area contributed by atoms with Crippen LogP contribution in [0.4, 0.5) is 11.4 Å². The number of hydrogen-bond donors (Lipinski definition) is 1. The molecule has 1 fully saturated rings. The number of nitrogens with zero attached hydrogens (tertiary/aromatic N) is 3. The largest absolute Gasteiger partial charge is 0.497 e. The van der Waals surface area contributed by atoms with Crippen molar-refractivity contribution < 1.29 is 9.53 Å². The molecule has 6 nitrogen and oxygen atoms in total. The first-order valence-corrected chi connectivity index (χ1v) is 13.5. The summed E-state index contributed by atoms with van der Waals surface area (Å²) >= 11 is 1.38. The molecule has 1 aliphatic heterocycles. The smallest absolute Gasteiger partial charge is 0.266 e. The molecule has 2 aromatic heterocycles. The van der Waals surface area contributed by atoms with E-state index in [4.69, 9.17) is 15.5 Å². The lowest BCUT2D eigenvalue weighted by Gasteiger charge is -2.36. The SMILES string of the molecule is COc1ccc(-c2cc(-c3ccccc3)nc3sc(C(=O)N4CCN(c5ccccc5)CC4)c(N)c23)cc1. The summed E-state index contributed by atoms with van der Waals surface area (Å²) in [4.78, 5) is 24.2. The van der Waals surface area contributed by atoms with Crippen molar-refractivity contribution in [2.24, 2.45) is 0 Å². The van der Waals surface area contributed by atoms with Crippen LogP contribution in [0.25, 0.3) is 32.6 Å². The Balaban J connectivity index is 1.38. The molecule has 0 spiro atoms. The van der Waals surface area contributed by atoms with Gasteiger partial charge in [0.25, 0.3) is 5.91 Å². The van der Waals surface area contributed by atoms with Crippen molar-refractivity contribution in [2.75, 3.05) is 43.9 Å². The highest BCUT2D eigenvalue weighted by Crippen LogP contribution is 2.42. The quantitative estimate of drug-likeness (QED) is 0.299. The number of para-hydroxylation sites is 1. The second-order valence-corrected chi connectivity index (χ2v) is 10.3. The number of anilines is 2. The number of carbonyl (C=O) groups excluding carboxylic acids is 1. The fraction of sp³-hybridized carbons (Fsp3) is 0.161. The fourth-order valence-electron chi connectivity index (χ4n) is 4.99. The van der Waals surface area contributed by atoms with E-state index >= 15 is 0 Å². The Morgan fingerprint density at radius 3 is 2.18 bits per heavy atom. The first kappa shape index (κ1) is 24.0. The van der Waals surface area contributed by atoms with Crippen LogP contribution in [0.15, 0.2) is 91.0 Å². The fourth-order valence-corrected chi connectivity index (χ4v) is 6.07. The number of ether oxygens (including phenoxy) is 1. The molecule has 0 atom stereocenters. The first-order chi connectivity index (χ1) is 18.6. The molecule has 190 valence electrons. The lowest BCUT2D eigenvalue weighted by Crippen LogP contribution is -2.48. The number of benzene rings is 3. The Morgan fingerprint density at radius 2 is 1.53 bits per heavy atom. The third-order valence-corrected chi connectivity index (χ3v) is 8.14. The number of aromatic nitrogens is 1. The van der Waals surface area contributed by atoms with Crippen LogP contribution < -0.4 is 15.4 Å². The summed E-state index contributed by atoms with van der Waals surface area (Å²) in [6.45, 7) is 2.87. The molecule has 1 aliphatic rings. The maximum Gasteiger partial charge on any atom is 0.266 e. The molecule has 3 heterocycles. The van der Waals surface area contributed by atoms with Gasteiger partial charge >= 0.3 is 0 Å². The monoisotopic (exact) mass is 520 g/mol. The predicted molar refractivity (Wildman–Crippen MR) is 156 cm³/mol. The maximum atomic E-state index is 13.7. The Labute approximate surface area is 225 Å². The number of rotatable bonds is 5. The van der Waals surface area contributed by atoms with E-state index in [2.05, 4.69) is 23.1 Å². The van der Waals surface area contributed by atoms with Crippen molar-refractivity contribution in [1.82, 2.24) is 9.88 Å². The van der Waals surface area contributed by atoms with Gasteiger partial charge in [-0.3, -0.25) is 4.79 Å². The van der Waals surface area contributed by atoms with Crippen LogP contribution in [0.1, 0.15) is 9.67 Å². The Bertz CT molecular complexity index is 1580. The predicted octanol–water partition coefficient (Wildman–Crippen LogP) is 6.18. The van der Waals surface area contributed by atoms with E-state index in [1.54, 1.807) is 7.11 Å². The maximum absolute atomic E-state index is 13.7. The minimum Gasteiger partial charge on any atom is -0.497 e. The molecule has 6 rings (SSSR count). The number of hydrogen-bond acceptors (Lipinski definition) is 6. The molecule has 7 heteroatoms. The van der Waals surface area contributed by atoms with Gasteiger partial charge in [0.1, 0.15) is 15.5 Å². The highest BCUT2D eigenvalue weighted by Gasteiger charge is 2.27. The van der Waals surface area contributed by atoms with E-state index in [9.17, 15) is 4.79 Å². The molecule has 2 N–H and O–H groups in total. The number of nitrogens with two attached hydrogens (primary N) is 1. The molecule has 38 heavy (non-hydrogen) atoms. The van der Waals surface area contributed by atoms with Gasteiger partial charge in [-0.25, -0.2) is 4.98 Å². The molecular weight excluding hydrogens is 492 g/mol. The van der Waals surface area contributed by atoms with Crippen molar-refractivity contribution in [1.29, 1.82) is 0 Å². The second-order valence-electron chi connectivity index (χ2n) is 9.29. The summed E-state index contributed by atoms with van der Waals surface area (Å²) in [6, 6.07) is 30.4. The summed E-state index contributed by atoms with van der Waals surface area (Å²) in [6.07, 6.45) is 0. The van der Waals surface area contributed by atoms with Gasteiger partial charge in [0.05, 0.1) is 18.5 Å². The van der Waals surface area contributed by atoms with Crippen molar-refractivity contribution in [3.05, 3.63) is 95.9 Å². The molecule has 0 saturated carbocycles. The molecule has 1 saturated heterocycles. The molecule has 5 aromatic rings. The lowest BCUT2D eigenvalue weighted by molar-refractivity contribution is 0.0752. The van der Waals surface area contributed by atoms with Crippen LogP contribution in [0.5, 0.6) is 5.75 Å². The van der Waals surface area contributed by atoms with Crippen molar-refractivity contribution in [3.63, 3.8) is 0 Å². The average Bonchev–Trinajstić information content (AvgIpc) is 3.33. The van der Waals surface area contributed by atoms with Gasteiger partial charge in [-0.2, -0.15) is 0 Å². The van der Waals surface area contributed by atoms with Crippen LogP contribution in [-0.4, -0.2) is 49.1 Å². The summed E-state index contributed by atoms with van der Waals surface area (Å²) in [5.41, 5.74) is 12.2. The minimum absolute atomic E-state index is 0.0276. The van der Waals surface area contributed by atoms with Gasteiger partial charge in [0, 0.05) is 42.8 Å². The zero-order valence-corrected chi connectivity index (χ0v) is 21.9. The van der Waals surface area contributed by atoms with E-state index in [-0.39, 0.29) is 5.91 Å². The molecule has 0 unspecified atom stereocenters. The zero-order valence-electron chi connectivity index (χ0n) is 21.1. The van der Waals surface area contributed by atoms with Gasteiger partial charge in [0.2, 0.25) is 0 Å². The van der Waals surface area contributed by atoms with Crippen molar-refractivity contribution in [3.8, 4) is 28.1 Å². The van der Waals surface area contributed by atoms with Crippen LogP contribution in [0.2, 0.25) is 0 Å². The molecule has 3 aromatic carbocycles. The molecule has 1 amide bonds. The summed E-state index contributed by atoms with van der Waals surface area (Å²) in [7, 11) is 1.65. The first-order valence-electron chi connectivity index (χ1n) is 12.6. The number of thiophene rings is 1. The number of fused-ring (bicyclic) bond motifs is 1. The highest BCUT2D eigenvalue weighted by atomic mass is 32.1. The van der Waals surface area contributed by atoms with Crippen molar-refractivity contribution in [2.45, 2.75) is 0 Å². The molecular formula is C31H28N4O2S. The second kappa shape index (κ2) is 10.2. The third-order valence-electron chi connectivity index (χ3n) is 7.05. The van der Waals surface area contributed by atoms with Gasteiger partial charge in [-0.1, -0.05) is 60.7 Å². The standard InChI is InChI=1S/C31H28N4O2S/c1-37-24-14-12-21(13-15-24)25-20-26(22-8-4-2-5-9-22)33-30-27(25)28(32)29(38-30)31(36)35-18-16-34(17-19-35)23-10-6-3-7-11-23/h2-15,20H,16-19,32H2,1H3. The summed E-state index contributed by atoms with van der Waals surface area (Å²) in [5, 5.41) is 0.825. The van der Waals surface area contributed by atoms with E-state index in [0.717, 1.165) is 51.4 Å². The lowest BCUT2D eigenvalue weighted by atomic mass is 9.99. The van der Waals surface area contributed by atoms with Crippen LogP contribution in [0, 0.1) is 0 Å². The highest BCUT2D eigenvalue weighted by molar-refractivity contribution is 7.21. The van der Waals surface area contributed by atoms with Crippen LogP contribution in [-0.2, 0) is 0 Å². The van der Waals surface area contributed by atoms with Gasteiger partial charge in [0.15, 0.2) is 0 Å².